The molecule has 21 heavy (non-hydrogen) atoms. The van der Waals surface area contributed by atoms with Gasteiger partial charge in [-0.3, -0.25) is 0 Å². The highest BCUT2D eigenvalue weighted by molar-refractivity contribution is 6.33. The summed E-state index contributed by atoms with van der Waals surface area (Å²) in [6.45, 7) is 0.0914. The van der Waals surface area contributed by atoms with Crippen LogP contribution in [0.1, 0.15) is 0 Å². The third-order valence-corrected chi connectivity index (χ3v) is 3.49. The fourth-order valence-electron chi connectivity index (χ4n) is 2.12. The number of benzene rings is 1. The van der Waals surface area contributed by atoms with Gasteiger partial charge in [-0.25, -0.2) is 4.79 Å². The molecule has 1 atom stereocenters. The molecular formula is C13H9Cl2N3O3. The molecule has 1 aromatic heterocycles. The van der Waals surface area contributed by atoms with Gasteiger partial charge in [-0.05, 0) is 12.1 Å². The Hall–Kier alpha value is -2.05. The Balaban J connectivity index is 2.12. The number of carboxylic acid groups (broad SMARTS) is 1. The number of carboxylic acids is 1. The van der Waals surface area contributed by atoms with Crippen molar-refractivity contribution in [3.05, 3.63) is 40.6 Å². The molecule has 1 aliphatic heterocycles. The van der Waals surface area contributed by atoms with Crippen molar-refractivity contribution in [3.63, 3.8) is 0 Å². The molecule has 0 bridgehead atoms. The number of para-hydroxylation sites is 2. The number of aliphatic carboxylic acids is 1. The molecule has 1 unspecified atom stereocenters. The Morgan fingerprint density at radius 3 is 2.81 bits per heavy atom. The number of fused-ring (bicyclic) bond motifs is 1. The highest BCUT2D eigenvalue weighted by Crippen LogP contribution is 2.40. The number of hydrogen-bond acceptors (Lipinski definition) is 5. The minimum absolute atomic E-state index is 0.0914. The minimum Gasteiger partial charge on any atom is -0.478 e. The smallest absolute Gasteiger partial charge is 0.346 e. The summed E-state index contributed by atoms with van der Waals surface area (Å²) in [7, 11) is 0. The fourth-order valence-corrected chi connectivity index (χ4v) is 2.46. The first kappa shape index (κ1) is 13.9. The Morgan fingerprint density at radius 2 is 2.05 bits per heavy atom. The second kappa shape index (κ2) is 5.38. The van der Waals surface area contributed by atoms with Crippen molar-refractivity contribution in [1.29, 1.82) is 0 Å². The number of ether oxygens (including phenoxy) is 1. The van der Waals surface area contributed by atoms with E-state index in [1.807, 2.05) is 6.07 Å². The van der Waals surface area contributed by atoms with Gasteiger partial charge in [0.05, 0.1) is 17.9 Å². The second-order valence-corrected chi connectivity index (χ2v) is 5.11. The molecule has 1 aromatic carbocycles. The van der Waals surface area contributed by atoms with Gasteiger partial charge < -0.3 is 14.7 Å². The molecule has 0 saturated heterocycles. The van der Waals surface area contributed by atoms with Gasteiger partial charge in [0.2, 0.25) is 6.10 Å². The first-order valence-corrected chi connectivity index (χ1v) is 6.76. The first-order chi connectivity index (χ1) is 10.1. The summed E-state index contributed by atoms with van der Waals surface area (Å²) < 4.78 is 5.46. The minimum atomic E-state index is -1.06. The lowest BCUT2D eigenvalue weighted by Crippen LogP contribution is -2.42. The predicted octanol–water partition coefficient (Wildman–Crippen LogP) is 2.77. The molecule has 108 valence electrons. The number of anilines is 2. The topological polar surface area (TPSA) is 75.5 Å². The number of halogens is 2. The van der Waals surface area contributed by atoms with Crippen LogP contribution in [0, 0.1) is 0 Å². The zero-order chi connectivity index (χ0) is 15.0. The molecule has 0 saturated carbocycles. The molecule has 0 amide bonds. The van der Waals surface area contributed by atoms with E-state index >= 15 is 0 Å². The summed E-state index contributed by atoms with van der Waals surface area (Å²) in [5.41, 5.74) is 1.18. The zero-order valence-corrected chi connectivity index (χ0v) is 12.0. The molecule has 0 fully saturated rings. The van der Waals surface area contributed by atoms with Crippen LogP contribution in [-0.4, -0.2) is 33.9 Å². The third kappa shape index (κ3) is 2.59. The molecule has 0 spiro atoms. The van der Waals surface area contributed by atoms with Crippen molar-refractivity contribution < 1.29 is 14.6 Å². The Bertz CT molecular complexity index is 711. The monoisotopic (exact) mass is 325 g/mol. The average molecular weight is 326 g/mol. The van der Waals surface area contributed by atoms with Crippen molar-refractivity contribution in [2.75, 3.05) is 11.4 Å². The Labute approximate surface area is 129 Å². The van der Waals surface area contributed by atoms with Crippen LogP contribution in [0.4, 0.5) is 11.4 Å². The lowest BCUT2D eigenvalue weighted by atomic mass is 10.1. The van der Waals surface area contributed by atoms with Crippen molar-refractivity contribution in [2.24, 2.45) is 0 Å². The van der Waals surface area contributed by atoms with Crippen molar-refractivity contribution >= 4 is 40.5 Å². The molecule has 3 rings (SSSR count). The van der Waals surface area contributed by atoms with E-state index in [2.05, 4.69) is 10.2 Å². The highest BCUT2D eigenvalue weighted by Gasteiger charge is 2.32. The van der Waals surface area contributed by atoms with Crippen LogP contribution in [-0.2, 0) is 4.79 Å². The highest BCUT2D eigenvalue weighted by atomic mass is 35.5. The Morgan fingerprint density at radius 1 is 1.29 bits per heavy atom. The van der Waals surface area contributed by atoms with Gasteiger partial charge in [0.15, 0.2) is 10.3 Å². The molecule has 0 aliphatic carbocycles. The van der Waals surface area contributed by atoms with E-state index in [9.17, 15) is 9.90 Å². The summed E-state index contributed by atoms with van der Waals surface area (Å²) in [6.07, 6.45) is -1.01. The van der Waals surface area contributed by atoms with E-state index in [1.165, 1.54) is 6.07 Å². The van der Waals surface area contributed by atoms with E-state index in [-0.39, 0.29) is 16.9 Å². The summed E-state index contributed by atoms with van der Waals surface area (Å²) in [6, 6.07) is 8.62. The SMILES string of the molecule is O=C(O)C1CN(c2cc(Cl)nnc2Cl)c2ccccc2O1. The average Bonchev–Trinajstić information content (AvgIpc) is 2.48. The van der Waals surface area contributed by atoms with Crippen LogP contribution in [0.25, 0.3) is 0 Å². The summed E-state index contributed by atoms with van der Waals surface area (Å²) in [5.74, 6) is -0.598. The lowest BCUT2D eigenvalue weighted by molar-refractivity contribution is -0.144. The summed E-state index contributed by atoms with van der Waals surface area (Å²) >= 11 is 11.9. The van der Waals surface area contributed by atoms with E-state index < -0.39 is 12.1 Å². The van der Waals surface area contributed by atoms with E-state index in [0.717, 1.165) is 0 Å². The number of carbonyl (C=O) groups is 1. The van der Waals surface area contributed by atoms with E-state index in [1.54, 1.807) is 23.1 Å². The number of hydrogen-bond donors (Lipinski definition) is 1. The molecular weight excluding hydrogens is 317 g/mol. The second-order valence-electron chi connectivity index (χ2n) is 4.37. The van der Waals surface area contributed by atoms with Crippen molar-refractivity contribution in [3.8, 4) is 5.75 Å². The zero-order valence-electron chi connectivity index (χ0n) is 10.5. The normalized spacial score (nSPS) is 17.0. The van der Waals surface area contributed by atoms with Gasteiger partial charge in [-0.1, -0.05) is 35.3 Å². The molecule has 8 heteroatoms. The quantitative estimate of drug-likeness (QED) is 0.915. The van der Waals surface area contributed by atoms with Crippen LogP contribution in [0.3, 0.4) is 0 Å². The van der Waals surface area contributed by atoms with Crippen LogP contribution in [0.2, 0.25) is 10.3 Å². The van der Waals surface area contributed by atoms with Crippen molar-refractivity contribution in [1.82, 2.24) is 10.2 Å². The van der Waals surface area contributed by atoms with Gasteiger partial charge in [0.25, 0.3) is 0 Å². The van der Waals surface area contributed by atoms with Gasteiger partial charge in [0, 0.05) is 6.07 Å². The van der Waals surface area contributed by atoms with Crippen LogP contribution < -0.4 is 9.64 Å². The van der Waals surface area contributed by atoms with Crippen LogP contribution in [0.5, 0.6) is 5.75 Å². The molecule has 2 heterocycles. The largest absolute Gasteiger partial charge is 0.478 e. The molecule has 1 aliphatic rings. The summed E-state index contributed by atoms with van der Waals surface area (Å²) in [5, 5.41) is 16.9. The lowest BCUT2D eigenvalue weighted by Gasteiger charge is -2.34. The van der Waals surface area contributed by atoms with Crippen LogP contribution >= 0.6 is 23.2 Å². The molecule has 6 nitrogen and oxygen atoms in total. The third-order valence-electron chi connectivity index (χ3n) is 3.04. The number of rotatable bonds is 2. The van der Waals surface area contributed by atoms with E-state index in [0.29, 0.717) is 17.1 Å². The van der Waals surface area contributed by atoms with Gasteiger partial charge in [0.1, 0.15) is 5.75 Å². The molecule has 0 radical (unpaired) electrons. The Kier molecular flexibility index (Phi) is 3.57. The standard InChI is InChI=1S/C13H9Cl2N3O3/c14-11-5-8(12(15)17-16-11)18-6-10(13(19)20)21-9-4-2-1-3-7(9)18/h1-5,10H,6H2,(H,19,20). The molecule has 2 aromatic rings. The van der Waals surface area contributed by atoms with Crippen molar-refractivity contribution in [2.45, 2.75) is 6.10 Å². The van der Waals surface area contributed by atoms with E-state index in [4.69, 9.17) is 27.9 Å². The maximum absolute atomic E-state index is 11.3. The van der Waals surface area contributed by atoms with Crippen LogP contribution in [0.15, 0.2) is 30.3 Å². The first-order valence-electron chi connectivity index (χ1n) is 6.01. The molecule has 1 N–H and O–H groups in total. The maximum atomic E-state index is 11.3. The predicted molar refractivity (Wildman–Crippen MR) is 77.6 cm³/mol. The number of nitrogens with zero attached hydrogens (tertiary/aromatic N) is 3. The number of aromatic nitrogens is 2. The van der Waals surface area contributed by atoms with Gasteiger partial charge in [-0.15, -0.1) is 10.2 Å². The summed E-state index contributed by atoms with van der Waals surface area (Å²) in [4.78, 5) is 13.0. The fraction of sp³-hybridized carbons (Fsp3) is 0.154. The maximum Gasteiger partial charge on any atom is 0.346 e. The van der Waals surface area contributed by atoms with Gasteiger partial charge >= 0.3 is 5.97 Å². The van der Waals surface area contributed by atoms with Gasteiger partial charge in [-0.2, -0.15) is 0 Å².